The number of aryl methyl sites for hydroxylation is 2. The van der Waals surface area contributed by atoms with Gasteiger partial charge in [0, 0.05) is 28.5 Å². The van der Waals surface area contributed by atoms with Crippen molar-refractivity contribution in [2.45, 2.75) is 72.9 Å². The van der Waals surface area contributed by atoms with Crippen molar-refractivity contribution in [3.8, 4) is 11.3 Å². The van der Waals surface area contributed by atoms with Gasteiger partial charge in [-0.25, -0.2) is 0 Å². The van der Waals surface area contributed by atoms with Gasteiger partial charge >= 0.3 is 0 Å². The summed E-state index contributed by atoms with van der Waals surface area (Å²) in [4.78, 5) is 15.1. The van der Waals surface area contributed by atoms with Gasteiger partial charge in [-0.2, -0.15) is 5.10 Å². The van der Waals surface area contributed by atoms with E-state index in [0.29, 0.717) is 18.2 Å². The molecule has 5 heteroatoms. The molecule has 0 spiro atoms. The van der Waals surface area contributed by atoms with Crippen molar-refractivity contribution in [3.05, 3.63) is 62.5 Å². The summed E-state index contributed by atoms with van der Waals surface area (Å²) < 4.78 is 2.08. The molecule has 3 aliphatic carbocycles. The Morgan fingerprint density at radius 2 is 1.97 bits per heavy atom. The molecule has 33 heavy (non-hydrogen) atoms. The predicted molar refractivity (Wildman–Crippen MR) is 134 cm³/mol. The number of nitrogens with zero attached hydrogens (tertiary/aromatic N) is 2. The van der Waals surface area contributed by atoms with Crippen LogP contribution in [-0.2, 0) is 13.0 Å². The zero-order valence-corrected chi connectivity index (χ0v) is 21.1. The maximum atomic E-state index is 13.8. The van der Waals surface area contributed by atoms with Crippen LogP contribution in [0.4, 0.5) is 0 Å². The highest BCUT2D eigenvalue weighted by Crippen LogP contribution is 2.62. The summed E-state index contributed by atoms with van der Waals surface area (Å²) in [5, 5.41) is 10.7. The lowest BCUT2D eigenvalue weighted by molar-refractivity contribution is 0.0732. The first kappa shape index (κ1) is 21.2. The van der Waals surface area contributed by atoms with Gasteiger partial charge in [0.25, 0.3) is 5.91 Å². The van der Waals surface area contributed by atoms with Crippen molar-refractivity contribution in [2.75, 3.05) is 0 Å². The van der Waals surface area contributed by atoms with E-state index in [1.54, 1.807) is 11.3 Å². The smallest absolute Gasteiger partial charge is 0.272 e. The minimum atomic E-state index is 0.00793. The summed E-state index contributed by atoms with van der Waals surface area (Å²) in [5.41, 5.74) is 8.25. The average molecular weight is 460 g/mol. The van der Waals surface area contributed by atoms with Gasteiger partial charge in [-0.05, 0) is 66.4 Å². The number of nitrogens with one attached hydrogen (secondary N) is 1. The summed E-state index contributed by atoms with van der Waals surface area (Å²) in [6.07, 6.45) is 4.54. The Kier molecular flexibility index (Phi) is 4.52. The molecule has 6 rings (SSSR count). The van der Waals surface area contributed by atoms with Crippen molar-refractivity contribution in [1.82, 2.24) is 15.1 Å². The molecule has 1 amide bonds. The molecule has 0 aliphatic heterocycles. The number of carbonyl (C=O) groups excluding carboxylic acids is 1. The van der Waals surface area contributed by atoms with E-state index in [1.165, 1.54) is 46.4 Å². The molecule has 172 valence electrons. The zero-order chi connectivity index (χ0) is 23.1. The number of thiophene rings is 1. The molecule has 1 aromatic carbocycles. The standard InChI is InChI=1S/C28H33N3OS/c1-16-6-8-18(9-7-16)14-31-24-20(12-21-22(24)17(2)15-33-21)23(30-31)25(32)29-26-27(3,4)19-10-11-28(26,5)13-19/h6-9,15,19,26H,10-14H2,1-5H3,(H,29,32)/t19?,26?,28-/m0/s1. The third-order valence-corrected chi connectivity index (χ3v) is 9.99. The first-order valence-electron chi connectivity index (χ1n) is 12.2. The van der Waals surface area contributed by atoms with E-state index >= 15 is 0 Å². The van der Waals surface area contributed by atoms with E-state index < -0.39 is 0 Å². The molecule has 3 aromatic rings. The fourth-order valence-corrected chi connectivity index (χ4v) is 8.12. The van der Waals surface area contributed by atoms with Crippen LogP contribution in [0, 0.1) is 30.6 Å². The van der Waals surface area contributed by atoms with Gasteiger partial charge in [-0.3, -0.25) is 9.48 Å². The van der Waals surface area contributed by atoms with E-state index in [4.69, 9.17) is 5.10 Å². The van der Waals surface area contributed by atoms with Gasteiger partial charge in [-0.1, -0.05) is 50.6 Å². The van der Waals surface area contributed by atoms with Crippen molar-refractivity contribution in [2.24, 2.45) is 16.7 Å². The van der Waals surface area contributed by atoms with E-state index in [9.17, 15) is 4.79 Å². The van der Waals surface area contributed by atoms with E-state index in [-0.39, 0.29) is 22.8 Å². The third-order valence-electron chi connectivity index (χ3n) is 8.89. The summed E-state index contributed by atoms with van der Waals surface area (Å²) in [7, 11) is 0. The molecule has 2 bridgehead atoms. The van der Waals surface area contributed by atoms with Gasteiger partial charge < -0.3 is 5.32 Å². The molecule has 2 aromatic heterocycles. The van der Waals surface area contributed by atoms with Gasteiger partial charge in [-0.15, -0.1) is 11.3 Å². The molecule has 3 aliphatic rings. The fraction of sp³-hybridized carbons (Fsp3) is 0.500. The molecule has 2 unspecified atom stereocenters. The second-order valence-electron chi connectivity index (χ2n) is 11.5. The summed E-state index contributed by atoms with van der Waals surface area (Å²) in [6, 6.07) is 8.82. The molecule has 0 saturated heterocycles. The highest BCUT2D eigenvalue weighted by Gasteiger charge is 2.59. The number of fused-ring (bicyclic) bond motifs is 5. The van der Waals surface area contributed by atoms with E-state index in [2.05, 4.69) is 74.3 Å². The zero-order valence-electron chi connectivity index (χ0n) is 20.3. The SMILES string of the molecule is Cc1ccc(Cn2nc(C(=O)NC3C(C)(C)C4CC[C@@]3(C)C4)c3c2-c2c(C)csc2C3)cc1. The van der Waals surface area contributed by atoms with Crippen LogP contribution >= 0.6 is 11.3 Å². The fourth-order valence-electron chi connectivity index (χ4n) is 7.08. The average Bonchev–Trinajstić information content (AvgIpc) is 3.53. The molecular weight excluding hydrogens is 426 g/mol. The number of benzene rings is 1. The summed E-state index contributed by atoms with van der Waals surface area (Å²) in [5.74, 6) is 0.709. The van der Waals surface area contributed by atoms with Crippen molar-refractivity contribution in [1.29, 1.82) is 0 Å². The minimum Gasteiger partial charge on any atom is -0.347 e. The van der Waals surface area contributed by atoms with Crippen LogP contribution in [0.5, 0.6) is 0 Å². The van der Waals surface area contributed by atoms with E-state index in [1.807, 2.05) is 0 Å². The highest BCUT2D eigenvalue weighted by molar-refractivity contribution is 7.10. The Morgan fingerprint density at radius 3 is 2.67 bits per heavy atom. The Morgan fingerprint density at radius 1 is 1.21 bits per heavy atom. The number of amides is 1. The minimum absolute atomic E-state index is 0.00793. The molecular formula is C28H33N3OS. The normalized spacial score (nSPS) is 26.5. The molecule has 1 N–H and O–H groups in total. The second-order valence-corrected chi connectivity index (χ2v) is 12.5. The molecule has 4 nitrogen and oxygen atoms in total. The van der Waals surface area contributed by atoms with Crippen LogP contribution in [-0.4, -0.2) is 21.7 Å². The summed E-state index contributed by atoms with van der Waals surface area (Å²) in [6.45, 7) is 12.0. The molecule has 2 saturated carbocycles. The van der Waals surface area contributed by atoms with Crippen LogP contribution in [0.3, 0.4) is 0 Å². The largest absolute Gasteiger partial charge is 0.347 e. The number of hydrogen-bond acceptors (Lipinski definition) is 3. The van der Waals surface area contributed by atoms with Gasteiger partial charge in [0.15, 0.2) is 5.69 Å². The Balaban J connectivity index is 1.38. The second kappa shape index (κ2) is 7.05. The van der Waals surface area contributed by atoms with Gasteiger partial charge in [0.1, 0.15) is 0 Å². The van der Waals surface area contributed by atoms with E-state index in [0.717, 1.165) is 17.7 Å². The number of rotatable bonds is 4. The Bertz CT molecular complexity index is 1260. The third kappa shape index (κ3) is 3.08. The predicted octanol–water partition coefficient (Wildman–Crippen LogP) is 6.13. The Labute approximate surface area is 200 Å². The van der Waals surface area contributed by atoms with Gasteiger partial charge in [0.2, 0.25) is 0 Å². The lowest BCUT2D eigenvalue weighted by Gasteiger charge is -2.43. The summed E-state index contributed by atoms with van der Waals surface area (Å²) >= 11 is 1.81. The van der Waals surface area contributed by atoms with Crippen molar-refractivity contribution < 1.29 is 4.79 Å². The highest BCUT2D eigenvalue weighted by atomic mass is 32.1. The van der Waals surface area contributed by atoms with Crippen LogP contribution < -0.4 is 5.32 Å². The lowest BCUT2D eigenvalue weighted by atomic mass is 9.68. The lowest BCUT2D eigenvalue weighted by Crippen LogP contribution is -2.52. The van der Waals surface area contributed by atoms with Gasteiger partial charge in [0.05, 0.1) is 12.2 Å². The van der Waals surface area contributed by atoms with Crippen molar-refractivity contribution in [3.63, 3.8) is 0 Å². The van der Waals surface area contributed by atoms with Crippen LogP contribution in [0.2, 0.25) is 0 Å². The first-order chi connectivity index (χ1) is 15.7. The number of aromatic nitrogens is 2. The monoisotopic (exact) mass is 459 g/mol. The van der Waals surface area contributed by atoms with Crippen LogP contribution in [0.1, 0.15) is 77.7 Å². The molecule has 0 radical (unpaired) electrons. The molecule has 3 atom stereocenters. The number of carbonyl (C=O) groups is 1. The Hall–Kier alpha value is -2.40. The quantitative estimate of drug-likeness (QED) is 0.399. The number of hydrogen-bond donors (Lipinski definition) is 1. The molecule has 2 fully saturated rings. The maximum absolute atomic E-state index is 13.8. The molecule has 2 heterocycles. The van der Waals surface area contributed by atoms with Crippen molar-refractivity contribution >= 4 is 17.2 Å². The topological polar surface area (TPSA) is 46.9 Å². The maximum Gasteiger partial charge on any atom is 0.272 e. The van der Waals surface area contributed by atoms with Crippen LogP contribution in [0.25, 0.3) is 11.3 Å². The van der Waals surface area contributed by atoms with Crippen LogP contribution in [0.15, 0.2) is 29.6 Å². The first-order valence-corrected chi connectivity index (χ1v) is 13.1.